The number of esters is 1. The Hall–Kier alpha value is -0.540. The summed E-state index contributed by atoms with van der Waals surface area (Å²) < 4.78 is 4.97. The normalized spacial score (nSPS) is 12.6. The van der Waals surface area contributed by atoms with E-state index in [-0.39, 0.29) is 19.2 Å². The van der Waals surface area contributed by atoms with E-state index in [9.17, 15) is 4.79 Å². The third-order valence-electron chi connectivity index (χ3n) is 4.27. The van der Waals surface area contributed by atoms with E-state index in [1.54, 1.807) is 0 Å². The molecule has 0 aliphatic heterocycles. The molecule has 0 bridgehead atoms. The van der Waals surface area contributed by atoms with Crippen molar-refractivity contribution >= 4 is 17.6 Å². The minimum Gasteiger partial charge on any atom is -0.464 e. The standard InChI is InChI=1S/C21H39ClO3/c1-2-3-4-5-6-7-8-9-10-11-12-13-14-15-16-17-21(24)25-19-20(22)18-23/h9-10,20,23H,2-8,11-19H2,1H3/t20-/m1/s1. The number of hydrogen-bond donors (Lipinski definition) is 1. The minimum absolute atomic E-state index is 0.0992. The number of alkyl halides is 1. The van der Waals surface area contributed by atoms with E-state index in [1.807, 2.05) is 0 Å². The lowest BCUT2D eigenvalue weighted by Gasteiger charge is -2.07. The molecule has 148 valence electrons. The van der Waals surface area contributed by atoms with Gasteiger partial charge in [0, 0.05) is 6.42 Å². The maximum absolute atomic E-state index is 11.4. The highest BCUT2D eigenvalue weighted by Gasteiger charge is 2.07. The molecule has 0 aliphatic rings. The Bertz CT molecular complexity index is 318. The number of ether oxygens (including phenoxy) is 1. The number of allylic oxidation sites excluding steroid dienone is 2. The van der Waals surface area contributed by atoms with Gasteiger partial charge >= 0.3 is 5.97 Å². The molecule has 0 aromatic carbocycles. The van der Waals surface area contributed by atoms with Crippen LogP contribution in [0.3, 0.4) is 0 Å². The smallest absolute Gasteiger partial charge is 0.305 e. The number of hydrogen-bond acceptors (Lipinski definition) is 3. The predicted molar refractivity (Wildman–Crippen MR) is 107 cm³/mol. The molecule has 0 aromatic rings. The Balaban J connectivity index is 3.22. The summed E-state index contributed by atoms with van der Waals surface area (Å²) in [6.07, 6.45) is 21.3. The topological polar surface area (TPSA) is 46.5 Å². The van der Waals surface area contributed by atoms with Crippen LogP contribution in [0.2, 0.25) is 0 Å². The van der Waals surface area contributed by atoms with Crippen LogP contribution < -0.4 is 0 Å². The van der Waals surface area contributed by atoms with Gasteiger partial charge in [-0.15, -0.1) is 11.6 Å². The summed E-state index contributed by atoms with van der Waals surface area (Å²) in [5.74, 6) is -0.211. The summed E-state index contributed by atoms with van der Waals surface area (Å²) in [4.78, 5) is 11.4. The zero-order valence-electron chi connectivity index (χ0n) is 16.2. The number of aliphatic hydroxyl groups excluding tert-OH is 1. The maximum atomic E-state index is 11.4. The zero-order valence-corrected chi connectivity index (χ0v) is 16.9. The first-order valence-corrected chi connectivity index (χ1v) is 10.7. The summed E-state index contributed by atoms with van der Waals surface area (Å²) >= 11 is 5.67. The quantitative estimate of drug-likeness (QED) is 0.135. The molecule has 0 saturated heterocycles. The van der Waals surface area contributed by atoms with Crippen molar-refractivity contribution in [2.45, 2.75) is 102 Å². The van der Waals surface area contributed by atoms with Gasteiger partial charge in [-0.1, -0.05) is 70.4 Å². The van der Waals surface area contributed by atoms with Crippen LogP contribution in [0.15, 0.2) is 12.2 Å². The molecule has 0 aliphatic carbocycles. The minimum atomic E-state index is -0.488. The molecule has 4 heteroatoms. The van der Waals surface area contributed by atoms with Crippen molar-refractivity contribution in [2.24, 2.45) is 0 Å². The molecule has 25 heavy (non-hydrogen) atoms. The fourth-order valence-electron chi connectivity index (χ4n) is 2.65. The SMILES string of the molecule is CCCCCCCCC=CCCCCCCCC(=O)OC[C@H](Cl)CO. The van der Waals surface area contributed by atoms with E-state index in [4.69, 9.17) is 21.4 Å². The van der Waals surface area contributed by atoms with Crippen LogP contribution in [-0.2, 0) is 9.53 Å². The molecule has 0 radical (unpaired) electrons. The van der Waals surface area contributed by atoms with Crippen LogP contribution in [0.5, 0.6) is 0 Å². The van der Waals surface area contributed by atoms with Crippen molar-refractivity contribution in [2.75, 3.05) is 13.2 Å². The van der Waals surface area contributed by atoms with Gasteiger partial charge in [-0.05, 0) is 32.1 Å². The second kappa shape index (κ2) is 19.8. The molecule has 0 unspecified atom stereocenters. The molecule has 0 amide bonds. The van der Waals surface area contributed by atoms with E-state index in [2.05, 4.69) is 19.1 Å². The van der Waals surface area contributed by atoms with Gasteiger partial charge in [0.25, 0.3) is 0 Å². The van der Waals surface area contributed by atoms with Crippen LogP contribution in [0.1, 0.15) is 96.8 Å². The van der Waals surface area contributed by atoms with Gasteiger partial charge in [-0.2, -0.15) is 0 Å². The number of rotatable bonds is 18. The predicted octanol–water partition coefficient (Wildman–Crippen LogP) is 6.17. The van der Waals surface area contributed by atoms with E-state index in [1.165, 1.54) is 70.6 Å². The van der Waals surface area contributed by atoms with E-state index >= 15 is 0 Å². The summed E-state index contributed by atoms with van der Waals surface area (Å²) in [6, 6.07) is 0. The molecular formula is C21H39ClO3. The third-order valence-corrected chi connectivity index (χ3v) is 4.53. The second-order valence-corrected chi connectivity index (χ2v) is 7.41. The highest BCUT2D eigenvalue weighted by Crippen LogP contribution is 2.10. The number of carbonyl (C=O) groups is 1. The van der Waals surface area contributed by atoms with Crippen molar-refractivity contribution in [3.63, 3.8) is 0 Å². The summed E-state index contributed by atoms with van der Waals surface area (Å²) in [6.45, 7) is 2.19. The van der Waals surface area contributed by atoms with E-state index in [0.29, 0.717) is 6.42 Å². The van der Waals surface area contributed by atoms with Crippen LogP contribution in [0, 0.1) is 0 Å². The number of aliphatic hydroxyl groups is 1. The Labute approximate surface area is 160 Å². The van der Waals surface area contributed by atoms with Crippen molar-refractivity contribution in [1.82, 2.24) is 0 Å². The molecule has 0 rings (SSSR count). The highest BCUT2D eigenvalue weighted by molar-refractivity contribution is 6.20. The van der Waals surface area contributed by atoms with Gasteiger partial charge in [0.05, 0.1) is 12.0 Å². The van der Waals surface area contributed by atoms with Crippen molar-refractivity contribution < 1.29 is 14.6 Å². The van der Waals surface area contributed by atoms with E-state index in [0.717, 1.165) is 12.8 Å². The molecular weight excluding hydrogens is 336 g/mol. The molecule has 0 spiro atoms. The largest absolute Gasteiger partial charge is 0.464 e. The lowest BCUT2D eigenvalue weighted by molar-refractivity contribution is -0.143. The van der Waals surface area contributed by atoms with E-state index < -0.39 is 5.38 Å². The van der Waals surface area contributed by atoms with Crippen molar-refractivity contribution in [3.8, 4) is 0 Å². The highest BCUT2D eigenvalue weighted by atomic mass is 35.5. The first-order chi connectivity index (χ1) is 12.2. The molecule has 0 saturated carbocycles. The van der Waals surface area contributed by atoms with Gasteiger partial charge in [0.1, 0.15) is 6.61 Å². The summed E-state index contributed by atoms with van der Waals surface area (Å²) in [5, 5.41) is 8.25. The lowest BCUT2D eigenvalue weighted by atomic mass is 10.1. The van der Waals surface area contributed by atoms with Crippen molar-refractivity contribution in [3.05, 3.63) is 12.2 Å². The third kappa shape index (κ3) is 19.6. The monoisotopic (exact) mass is 374 g/mol. The zero-order chi connectivity index (χ0) is 18.6. The molecule has 0 aromatic heterocycles. The Kier molecular flexibility index (Phi) is 19.4. The lowest BCUT2D eigenvalue weighted by Crippen LogP contribution is -2.16. The van der Waals surface area contributed by atoms with Gasteiger partial charge in [0.2, 0.25) is 0 Å². The molecule has 0 fully saturated rings. The van der Waals surface area contributed by atoms with Gasteiger partial charge in [0.15, 0.2) is 0 Å². The maximum Gasteiger partial charge on any atom is 0.305 e. The van der Waals surface area contributed by atoms with Crippen LogP contribution >= 0.6 is 11.6 Å². The molecule has 1 N–H and O–H groups in total. The molecule has 1 atom stereocenters. The Morgan fingerprint density at radius 1 is 0.920 bits per heavy atom. The second-order valence-electron chi connectivity index (χ2n) is 6.80. The van der Waals surface area contributed by atoms with Gasteiger partial charge < -0.3 is 9.84 Å². The first-order valence-electron chi connectivity index (χ1n) is 10.3. The summed E-state index contributed by atoms with van der Waals surface area (Å²) in [5.41, 5.74) is 0. The summed E-state index contributed by atoms with van der Waals surface area (Å²) in [7, 11) is 0. The molecule has 0 heterocycles. The first kappa shape index (κ1) is 24.5. The average molecular weight is 375 g/mol. The molecule has 3 nitrogen and oxygen atoms in total. The Morgan fingerprint density at radius 2 is 1.44 bits per heavy atom. The van der Waals surface area contributed by atoms with Crippen LogP contribution in [0.4, 0.5) is 0 Å². The average Bonchev–Trinajstić information content (AvgIpc) is 2.62. The number of carbonyl (C=O) groups excluding carboxylic acids is 1. The number of halogens is 1. The number of unbranched alkanes of at least 4 members (excludes halogenated alkanes) is 11. The van der Waals surface area contributed by atoms with Gasteiger partial charge in [-0.3, -0.25) is 4.79 Å². The fourth-order valence-corrected chi connectivity index (χ4v) is 2.71. The van der Waals surface area contributed by atoms with Gasteiger partial charge in [-0.25, -0.2) is 0 Å². The van der Waals surface area contributed by atoms with Crippen LogP contribution in [-0.4, -0.2) is 29.7 Å². The Morgan fingerprint density at radius 3 is 2.00 bits per heavy atom. The fraction of sp³-hybridized carbons (Fsp3) is 0.857. The van der Waals surface area contributed by atoms with Crippen LogP contribution in [0.25, 0.3) is 0 Å². The van der Waals surface area contributed by atoms with Crippen molar-refractivity contribution in [1.29, 1.82) is 0 Å².